The highest BCUT2D eigenvalue weighted by molar-refractivity contribution is 5.29. The van der Waals surface area contributed by atoms with Crippen LogP contribution >= 0.6 is 0 Å². The Morgan fingerprint density at radius 2 is 1.88 bits per heavy atom. The van der Waals surface area contributed by atoms with E-state index in [1.54, 1.807) is 6.07 Å². The maximum Gasteiger partial charge on any atom is 0.126 e. The quantitative estimate of drug-likeness (QED) is 0.789. The zero-order valence-corrected chi connectivity index (χ0v) is 11.2. The fourth-order valence-electron chi connectivity index (χ4n) is 2.33. The molecule has 2 N–H and O–H groups in total. The van der Waals surface area contributed by atoms with Gasteiger partial charge in [-0.05, 0) is 54.8 Å². The van der Waals surface area contributed by atoms with Crippen molar-refractivity contribution in [1.29, 1.82) is 0 Å². The molecule has 0 saturated heterocycles. The van der Waals surface area contributed by atoms with Gasteiger partial charge in [0.15, 0.2) is 0 Å². The summed E-state index contributed by atoms with van der Waals surface area (Å²) < 4.78 is 14.0. The van der Waals surface area contributed by atoms with Crippen LogP contribution in [0.4, 0.5) is 4.39 Å². The summed E-state index contributed by atoms with van der Waals surface area (Å²) in [4.78, 5) is 0. The Hall–Kier alpha value is -0.890. The lowest BCUT2D eigenvalue weighted by Crippen LogP contribution is -2.06. The summed E-state index contributed by atoms with van der Waals surface area (Å²) in [6.07, 6.45) is 2.89. The van der Waals surface area contributed by atoms with E-state index in [9.17, 15) is 4.39 Å². The maximum atomic E-state index is 14.0. The van der Waals surface area contributed by atoms with Crippen LogP contribution in [0.15, 0.2) is 18.2 Å². The average Bonchev–Trinajstić information content (AvgIpc) is 2.32. The molecular formula is C15H24FN. The molecule has 0 saturated carbocycles. The van der Waals surface area contributed by atoms with Gasteiger partial charge in [0.1, 0.15) is 5.82 Å². The van der Waals surface area contributed by atoms with Gasteiger partial charge < -0.3 is 5.73 Å². The van der Waals surface area contributed by atoms with Gasteiger partial charge in [-0.25, -0.2) is 4.39 Å². The van der Waals surface area contributed by atoms with Crippen LogP contribution in [-0.4, -0.2) is 6.54 Å². The lowest BCUT2D eigenvalue weighted by molar-refractivity contribution is 0.553. The van der Waals surface area contributed by atoms with Crippen LogP contribution in [0.5, 0.6) is 0 Å². The molecule has 1 aromatic rings. The molecule has 0 fully saturated rings. The summed E-state index contributed by atoms with van der Waals surface area (Å²) in [5.74, 6) is 0.624. The molecule has 0 spiro atoms. The highest BCUT2D eigenvalue weighted by atomic mass is 19.1. The molecule has 0 aliphatic heterocycles. The lowest BCUT2D eigenvalue weighted by Gasteiger charge is -2.16. The first kappa shape index (κ1) is 14.2. The first-order chi connectivity index (χ1) is 8.13. The van der Waals surface area contributed by atoms with Gasteiger partial charge in [0.2, 0.25) is 0 Å². The molecule has 17 heavy (non-hydrogen) atoms. The van der Waals surface area contributed by atoms with E-state index >= 15 is 0 Å². The van der Waals surface area contributed by atoms with E-state index in [0.717, 1.165) is 30.4 Å². The van der Waals surface area contributed by atoms with Gasteiger partial charge in [0.05, 0.1) is 0 Å². The normalized spacial score (nSPS) is 13.1. The number of hydrogen-bond acceptors (Lipinski definition) is 1. The summed E-state index contributed by atoms with van der Waals surface area (Å²) in [7, 11) is 0. The van der Waals surface area contributed by atoms with Crippen molar-refractivity contribution in [2.45, 2.75) is 51.9 Å². The molecule has 96 valence electrons. The molecule has 0 aliphatic carbocycles. The lowest BCUT2D eigenvalue weighted by atomic mass is 9.90. The van der Waals surface area contributed by atoms with Crippen molar-refractivity contribution in [2.75, 3.05) is 6.54 Å². The van der Waals surface area contributed by atoms with E-state index in [2.05, 4.69) is 26.8 Å². The van der Waals surface area contributed by atoms with Crippen LogP contribution in [0.1, 0.15) is 63.0 Å². The first-order valence-corrected chi connectivity index (χ1v) is 6.63. The zero-order chi connectivity index (χ0) is 12.8. The van der Waals surface area contributed by atoms with Crippen molar-refractivity contribution in [3.05, 3.63) is 35.1 Å². The zero-order valence-electron chi connectivity index (χ0n) is 11.2. The third-order valence-electron chi connectivity index (χ3n) is 3.62. The predicted molar refractivity (Wildman–Crippen MR) is 71.8 cm³/mol. The fourth-order valence-corrected chi connectivity index (χ4v) is 2.33. The van der Waals surface area contributed by atoms with Crippen LogP contribution in [0.3, 0.4) is 0 Å². The molecule has 1 unspecified atom stereocenters. The minimum atomic E-state index is -0.0555. The number of benzene rings is 1. The van der Waals surface area contributed by atoms with Crippen molar-refractivity contribution in [3.63, 3.8) is 0 Å². The van der Waals surface area contributed by atoms with E-state index in [0.29, 0.717) is 18.4 Å². The van der Waals surface area contributed by atoms with E-state index < -0.39 is 0 Å². The van der Waals surface area contributed by atoms with E-state index in [4.69, 9.17) is 5.73 Å². The Morgan fingerprint density at radius 1 is 1.24 bits per heavy atom. The van der Waals surface area contributed by atoms with Gasteiger partial charge in [-0.1, -0.05) is 32.9 Å². The standard InChI is InChI=1S/C15H24FN/c1-4-12(5-2)14-7-6-13(10-15(14)16)11(3)8-9-17/h6-7,10-12H,4-5,8-9,17H2,1-3H3. The fraction of sp³-hybridized carbons (Fsp3) is 0.600. The van der Waals surface area contributed by atoms with E-state index in [1.165, 1.54) is 0 Å². The molecular weight excluding hydrogens is 213 g/mol. The van der Waals surface area contributed by atoms with Gasteiger partial charge in [0, 0.05) is 0 Å². The summed E-state index contributed by atoms with van der Waals surface area (Å²) in [6, 6.07) is 5.69. The molecule has 1 aromatic carbocycles. The highest BCUT2D eigenvalue weighted by Gasteiger charge is 2.14. The molecule has 1 rings (SSSR count). The van der Waals surface area contributed by atoms with Crippen molar-refractivity contribution in [3.8, 4) is 0 Å². The number of hydrogen-bond donors (Lipinski definition) is 1. The smallest absolute Gasteiger partial charge is 0.126 e. The Balaban J connectivity index is 2.92. The van der Waals surface area contributed by atoms with Crippen LogP contribution < -0.4 is 5.73 Å². The number of halogens is 1. The van der Waals surface area contributed by atoms with Gasteiger partial charge >= 0.3 is 0 Å². The molecule has 0 radical (unpaired) electrons. The topological polar surface area (TPSA) is 26.0 Å². The largest absolute Gasteiger partial charge is 0.330 e. The van der Waals surface area contributed by atoms with Crippen molar-refractivity contribution >= 4 is 0 Å². The molecule has 1 nitrogen and oxygen atoms in total. The molecule has 0 heterocycles. The molecule has 0 aromatic heterocycles. The van der Waals surface area contributed by atoms with Gasteiger partial charge in [-0.2, -0.15) is 0 Å². The minimum Gasteiger partial charge on any atom is -0.330 e. The SMILES string of the molecule is CCC(CC)c1ccc(C(C)CCN)cc1F. The van der Waals surface area contributed by atoms with Gasteiger partial charge in [0.25, 0.3) is 0 Å². The Kier molecular flexibility index (Phi) is 5.63. The number of rotatable bonds is 6. The van der Waals surface area contributed by atoms with E-state index in [1.807, 2.05) is 6.07 Å². The second kappa shape index (κ2) is 6.75. The first-order valence-electron chi connectivity index (χ1n) is 6.63. The Bertz CT molecular complexity index is 345. The second-order valence-electron chi connectivity index (χ2n) is 4.77. The molecule has 2 heteroatoms. The molecule has 0 amide bonds. The third kappa shape index (κ3) is 3.53. The molecule has 0 bridgehead atoms. The summed E-state index contributed by atoms with van der Waals surface area (Å²) >= 11 is 0. The van der Waals surface area contributed by atoms with Crippen LogP contribution in [0, 0.1) is 5.82 Å². The summed E-state index contributed by atoms with van der Waals surface area (Å²) in [5.41, 5.74) is 7.45. The highest BCUT2D eigenvalue weighted by Crippen LogP contribution is 2.28. The van der Waals surface area contributed by atoms with Crippen LogP contribution in [0.2, 0.25) is 0 Å². The van der Waals surface area contributed by atoms with E-state index in [-0.39, 0.29) is 5.82 Å². The molecule has 0 aliphatic rings. The third-order valence-corrected chi connectivity index (χ3v) is 3.62. The summed E-state index contributed by atoms with van der Waals surface area (Å²) in [6.45, 7) is 6.96. The van der Waals surface area contributed by atoms with Crippen molar-refractivity contribution < 1.29 is 4.39 Å². The van der Waals surface area contributed by atoms with Crippen LogP contribution in [0.25, 0.3) is 0 Å². The monoisotopic (exact) mass is 237 g/mol. The average molecular weight is 237 g/mol. The van der Waals surface area contributed by atoms with Gasteiger partial charge in [-0.3, -0.25) is 0 Å². The molecule has 1 atom stereocenters. The van der Waals surface area contributed by atoms with Crippen molar-refractivity contribution in [1.82, 2.24) is 0 Å². The van der Waals surface area contributed by atoms with Crippen molar-refractivity contribution in [2.24, 2.45) is 5.73 Å². The Morgan fingerprint density at radius 3 is 2.35 bits per heavy atom. The summed E-state index contributed by atoms with van der Waals surface area (Å²) in [5, 5.41) is 0. The van der Waals surface area contributed by atoms with Gasteiger partial charge in [-0.15, -0.1) is 0 Å². The second-order valence-corrected chi connectivity index (χ2v) is 4.77. The Labute approximate surface area is 104 Å². The predicted octanol–water partition coefficient (Wildman–Crippen LogP) is 4.18. The van der Waals surface area contributed by atoms with Crippen LogP contribution in [-0.2, 0) is 0 Å². The minimum absolute atomic E-state index is 0.0555. The number of nitrogens with two attached hydrogens (primary N) is 1. The maximum absolute atomic E-state index is 14.0.